The van der Waals surface area contributed by atoms with Gasteiger partial charge in [-0.25, -0.2) is 0 Å². The van der Waals surface area contributed by atoms with Gasteiger partial charge in [0.25, 0.3) is 0 Å². The molecule has 13 heavy (non-hydrogen) atoms. The van der Waals surface area contributed by atoms with Crippen molar-refractivity contribution in [2.75, 3.05) is 6.61 Å². The standard InChI is InChI=1S/C10H12O3/c11-6-10(4-5-10)7-2-1-3-8(12)9(7)13/h1-3,11-13H,4-6H2. The second kappa shape index (κ2) is 2.64. The molecule has 3 heteroatoms. The number of phenols is 2. The van der Waals surface area contributed by atoms with Crippen LogP contribution in [0.15, 0.2) is 18.2 Å². The highest BCUT2D eigenvalue weighted by atomic mass is 16.3. The molecule has 0 radical (unpaired) electrons. The zero-order chi connectivity index (χ0) is 9.47. The minimum Gasteiger partial charge on any atom is -0.504 e. The molecule has 0 aromatic heterocycles. The Morgan fingerprint density at radius 1 is 1.23 bits per heavy atom. The molecule has 0 heterocycles. The molecule has 1 aliphatic carbocycles. The molecule has 0 atom stereocenters. The molecule has 0 saturated heterocycles. The quantitative estimate of drug-likeness (QED) is 0.598. The molecule has 70 valence electrons. The summed E-state index contributed by atoms with van der Waals surface area (Å²) >= 11 is 0. The normalized spacial score (nSPS) is 18.5. The lowest BCUT2D eigenvalue weighted by Crippen LogP contribution is -2.11. The molecular formula is C10H12O3. The Labute approximate surface area is 76.3 Å². The van der Waals surface area contributed by atoms with Crippen LogP contribution in [-0.2, 0) is 5.41 Å². The third-order valence-corrected chi connectivity index (χ3v) is 2.74. The van der Waals surface area contributed by atoms with Crippen molar-refractivity contribution in [2.45, 2.75) is 18.3 Å². The van der Waals surface area contributed by atoms with E-state index in [9.17, 15) is 10.2 Å². The fourth-order valence-electron chi connectivity index (χ4n) is 1.62. The van der Waals surface area contributed by atoms with Crippen LogP contribution in [0.4, 0.5) is 0 Å². The molecular weight excluding hydrogens is 168 g/mol. The van der Waals surface area contributed by atoms with Gasteiger partial charge in [0, 0.05) is 11.0 Å². The van der Waals surface area contributed by atoms with Crippen LogP contribution in [0.2, 0.25) is 0 Å². The molecule has 1 aromatic carbocycles. The fourth-order valence-corrected chi connectivity index (χ4v) is 1.62. The Morgan fingerprint density at radius 3 is 2.46 bits per heavy atom. The van der Waals surface area contributed by atoms with Gasteiger partial charge in [0.1, 0.15) is 0 Å². The van der Waals surface area contributed by atoms with E-state index in [0.29, 0.717) is 5.56 Å². The Morgan fingerprint density at radius 2 is 1.92 bits per heavy atom. The van der Waals surface area contributed by atoms with Gasteiger partial charge in [0.15, 0.2) is 11.5 Å². The summed E-state index contributed by atoms with van der Waals surface area (Å²) in [5.41, 5.74) is 0.373. The van der Waals surface area contributed by atoms with Gasteiger partial charge in [-0.15, -0.1) is 0 Å². The summed E-state index contributed by atoms with van der Waals surface area (Å²) in [4.78, 5) is 0. The highest BCUT2D eigenvalue weighted by Crippen LogP contribution is 2.52. The van der Waals surface area contributed by atoms with Crippen molar-refractivity contribution >= 4 is 0 Å². The minimum atomic E-state index is -0.289. The number of phenolic OH excluding ortho intramolecular Hbond substituents is 2. The number of hydrogen-bond acceptors (Lipinski definition) is 3. The maximum Gasteiger partial charge on any atom is 0.161 e. The third kappa shape index (κ3) is 1.16. The SMILES string of the molecule is OCC1(c2cccc(O)c2O)CC1. The first kappa shape index (κ1) is 8.38. The summed E-state index contributed by atoms with van der Waals surface area (Å²) < 4.78 is 0. The number of aromatic hydroxyl groups is 2. The predicted octanol–water partition coefficient (Wildman–Crippen LogP) is 1.12. The summed E-state index contributed by atoms with van der Waals surface area (Å²) in [5.74, 6) is -0.203. The van der Waals surface area contributed by atoms with Gasteiger partial charge in [-0.05, 0) is 18.9 Å². The van der Waals surface area contributed by atoms with Gasteiger partial charge in [-0.3, -0.25) is 0 Å². The van der Waals surface area contributed by atoms with E-state index < -0.39 is 0 Å². The van der Waals surface area contributed by atoms with Crippen LogP contribution in [0, 0.1) is 0 Å². The van der Waals surface area contributed by atoms with Crippen LogP contribution in [0.1, 0.15) is 18.4 Å². The largest absolute Gasteiger partial charge is 0.504 e. The van der Waals surface area contributed by atoms with Crippen molar-refractivity contribution in [3.63, 3.8) is 0 Å². The molecule has 0 spiro atoms. The van der Waals surface area contributed by atoms with Crippen LogP contribution < -0.4 is 0 Å². The molecule has 0 unspecified atom stereocenters. The lowest BCUT2D eigenvalue weighted by molar-refractivity contribution is 0.251. The van der Waals surface area contributed by atoms with E-state index in [1.165, 1.54) is 6.07 Å². The zero-order valence-electron chi connectivity index (χ0n) is 7.20. The Kier molecular flexibility index (Phi) is 1.70. The third-order valence-electron chi connectivity index (χ3n) is 2.74. The van der Waals surface area contributed by atoms with Gasteiger partial charge in [0.2, 0.25) is 0 Å². The fraction of sp³-hybridized carbons (Fsp3) is 0.400. The molecule has 0 amide bonds. The molecule has 2 rings (SSSR count). The van der Waals surface area contributed by atoms with E-state index >= 15 is 0 Å². The van der Waals surface area contributed by atoms with Crippen molar-refractivity contribution in [1.29, 1.82) is 0 Å². The van der Waals surface area contributed by atoms with Crippen LogP contribution >= 0.6 is 0 Å². The van der Waals surface area contributed by atoms with E-state index in [1.807, 2.05) is 0 Å². The number of aliphatic hydroxyl groups excluding tert-OH is 1. The second-order valence-electron chi connectivity index (χ2n) is 3.61. The van der Waals surface area contributed by atoms with Crippen molar-refractivity contribution in [3.8, 4) is 11.5 Å². The van der Waals surface area contributed by atoms with Crippen LogP contribution in [0.25, 0.3) is 0 Å². The van der Waals surface area contributed by atoms with Gasteiger partial charge in [-0.1, -0.05) is 12.1 Å². The molecule has 1 fully saturated rings. The first-order valence-corrected chi connectivity index (χ1v) is 4.32. The molecule has 0 bridgehead atoms. The van der Waals surface area contributed by atoms with Crippen molar-refractivity contribution < 1.29 is 15.3 Å². The molecule has 1 aliphatic rings. The average Bonchev–Trinajstić information content (AvgIpc) is 2.90. The number of aliphatic hydroxyl groups is 1. The maximum atomic E-state index is 9.54. The highest BCUT2D eigenvalue weighted by molar-refractivity contribution is 5.50. The topological polar surface area (TPSA) is 60.7 Å². The van der Waals surface area contributed by atoms with Crippen LogP contribution in [0.3, 0.4) is 0 Å². The second-order valence-corrected chi connectivity index (χ2v) is 3.61. The Bertz CT molecular complexity index is 329. The first-order valence-electron chi connectivity index (χ1n) is 4.32. The van der Waals surface area contributed by atoms with E-state index in [1.54, 1.807) is 12.1 Å². The lowest BCUT2D eigenvalue weighted by Gasteiger charge is -2.14. The highest BCUT2D eigenvalue weighted by Gasteiger charge is 2.45. The summed E-state index contributed by atoms with van der Waals surface area (Å²) in [5, 5.41) is 27.9. The smallest absolute Gasteiger partial charge is 0.161 e. The number of rotatable bonds is 2. The minimum absolute atomic E-state index is 0.0318. The van der Waals surface area contributed by atoms with E-state index in [2.05, 4.69) is 0 Å². The summed E-state index contributed by atoms with van der Waals surface area (Å²) in [6, 6.07) is 4.87. The molecule has 1 aromatic rings. The first-order chi connectivity index (χ1) is 6.19. The van der Waals surface area contributed by atoms with Crippen molar-refractivity contribution in [1.82, 2.24) is 0 Å². The molecule has 1 saturated carbocycles. The molecule has 3 N–H and O–H groups in total. The van der Waals surface area contributed by atoms with E-state index in [4.69, 9.17) is 5.11 Å². The number of hydrogen-bond donors (Lipinski definition) is 3. The van der Waals surface area contributed by atoms with Gasteiger partial charge < -0.3 is 15.3 Å². The molecule has 0 aliphatic heterocycles. The average molecular weight is 180 g/mol. The number of para-hydroxylation sites is 1. The predicted molar refractivity (Wildman–Crippen MR) is 47.8 cm³/mol. The van der Waals surface area contributed by atoms with Crippen molar-refractivity contribution in [3.05, 3.63) is 23.8 Å². The molecule has 3 nitrogen and oxygen atoms in total. The Hall–Kier alpha value is -1.22. The maximum absolute atomic E-state index is 9.54. The van der Waals surface area contributed by atoms with Gasteiger partial charge >= 0.3 is 0 Å². The summed E-state index contributed by atoms with van der Waals surface area (Å²) in [7, 11) is 0. The van der Waals surface area contributed by atoms with Crippen molar-refractivity contribution in [2.24, 2.45) is 0 Å². The lowest BCUT2D eigenvalue weighted by atomic mass is 9.96. The summed E-state index contributed by atoms with van der Waals surface area (Å²) in [6.07, 6.45) is 1.75. The summed E-state index contributed by atoms with van der Waals surface area (Å²) in [6.45, 7) is 0.0318. The van der Waals surface area contributed by atoms with E-state index in [0.717, 1.165) is 12.8 Å². The van der Waals surface area contributed by atoms with Gasteiger partial charge in [-0.2, -0.15) is 0 Å². The monoisotopic (exact) mass is 180 g/mol. The van der Waals surface area contributed by atoms with Gasteiger partial charge in [0.05, 0.1) is 6.61 Å². The van der Waals surface area contributed by atoms with Crippen LogP contribution in [0.5, 0.6) is 11.5 Å². The zero-order valence-corrected chi connectivity index (χ0v) is 7.20. The van der Waals surface area contributed by atoms with Crippen LogP contribution in [-0.4, -0.2) is 21.9 Å². The number of benzene rings is 1. The Balaban J connectivity index is 2.46. The van der Waals surface area contributed by atoms with E-state index in [-0.39, 0.29) is 23.5 Å².